The zero-order valence-electron chi connectivity index (χ0n) is 20.8. The van der Waals surface area contributed by atoms with E-state index in [4.69, 9.17) is 10.1 Å². The minimum absolute atomic E-state index is 0.142. The molecule has 1 saturated heterocycles. The second-order valence-electron chi connectivity index (χ2n) is 8.93. The van der Waals surface area contributed by atoms with Gasteiger partial charge in [-0.05, 0) is 74.1 Å². The number of pyridine rings is 1. The van der Waals surface area contributed by atoms with Crippen molar-refractivity contribution in [3.8, 4) is 6.07 Å². The van der Waals surface area contributed by atoms with Crippen LogP contribution in [0.5, 0.6) is 0 Å². The van der Waals surface area contributed by atoms with Gasteiger partial charge in [-0.15, -0.1) is 0 Å². The van der Waals surface area contributed by atoms with Crippen LogP contribution in [0.3, 0.4) is 0 Å². The van der Waals surface area contributed by atoms with Crippen molar-refractivity contribution in [1.29, 1.82) is 5.26 Å². The number of rotatable bonds is 9. The topological polar surface area (TPSA) is 111 Å². The van der Waals surface area contributed by atoms with E-state index in [1.807, 2.05) is 29.3 Å². The fourth-order valence-electron chi connectivity index (χ4n) is 4.63. The lowest BCUT2D eigenvalue weighted by atomic mass is 10.0. The van der Waals surface area contributed by atoms with Crippen molar-refractivity contribution < 1.29 is 14.4 Å². The van der Waals surface area contributed by atoms with Crippen molar-refractivity contribution in [2.45, 2.75) is 58.7 Å². The minimum Gasteiger partial charge on any atom is -0.352 e. The number of thiophene rings is 1. The van der Waals surface area contributed by atoms with Gasteiger partial charge in [-0.1, -0.05) is 0 Å². The second-order valence-corrected chi connectivity index (χ2v) is 9.71. The number of urea groups is 1. The number of hydroxylamine groups is 1. The molecule has 0 saturated carbocycles. The number of hydrogen-bond acceptors (Lipinski definition) is 7. The summed E-state index contributed by atoms with van der Waals surface area (Å²) >= 11 is 1.62. The Balaban J connectivity index is 1.49. The summed E-state index contributed by atoms with van der Waals surface area (Å²) in [6.45, 7) is 8.64. The van der Waals surface area contributed by atoms with Crippen LogP contribution in [0.15, 0.2) is 22.9 Å². The molecule has 0 aromatic carbocycles. The van der Waals surface area contributed by atoms with Gasteiger partial charge in [-0.2, -0.15) is 16.6 Å². The third-order valence-electron chi connectivity index (χ3n) is 6.53. The third kappa shape index (κ3) is 7.01. The van der Waals surface area contributed by atoms with Crippen LogP contribution in [0.2, 0.25) is 0 Å². The molecule has 1 aliphatic heterocycles. The van der Waals surface area contributed by atoms with Gasteiger partial charge in [0.05, 0.1) is 18.4 Å². The van der Waals surface area contributed by atoms with Crippen LogP contribution in [0.4, 0.5) is 4.79 Å². The van der Waals surface area contributed by atoms with E-state index in [0.29, 0.717) is 36.1 Å². The van der Waals surface area contributed by atoms with Crippen molar-refractivity contribution in [2.24, 2.45) is 0 Å². The molecular formula is C25H34N6O3S. The van der Waals surface area contributed by atoms with Crippen molar-refractivity contribution >= 4 is 23.3 Å². The summed E-state index contributed by atoms with van der Waals surface area (Å²) in [5.74, 6) is -0.156. The van der Waals surface area contributed by atoms with Gasteiger partial charge in [0.1, 0.15) is 11.8 Å². The number of hydrogen-bond donors (Lipinski definition) is 2. The van der Waals surface area contributed by atoms with Crippen LogP contribution in [0.1, 0.15) is 59.1 Å². The average molecular weight is 499 g/mol. The van der Waals surface area contributed by atoms with Gasteiger partial charge in [0.15, 0.2) is 0 Å². The summed E-state index contributed by atoms with van der Waals surface area (Å²) in [5, 5.41) is 16.1. The molecule has 188 valence electrons. The van der Waals surface area contributed by atoms with E-state index < -0.39 is 0 Å². The Morgan fingerprint density at radius 3 is 2.71 bits per heavy atom. The maximum atomic E-state index is 12.7. The van der Waals surface area contributed by atoms with Crippen LogP contribution in [-0.4, -0.2) is 65.5 Å². The highest BCUT2D eigenvalue weighted by atomic mass is 32.1. The molecule has 3 rings (SSSR count). The summed E-state index contributed by atoms with van der Waals surface area (Å²) < 4.78 is 0. The maximum Gasteiger partial charge on any atom is 0.341 e. The maximum absolute atomic E-state index is 12.7. The first kappa shape index (κ1) is 26.6. The van der Waals surface area contributed by atoms with Gasteiger partial charge in [0.2, 0.25) is 0 Å². The molecule has 0 aliphatic carbocycles. The highest BCUT2D eigenvalue weighted by molar-refractivity contribution is 7.07. The lowest BCUT2D eigenvalue weighted by Gasteiger charge is -2.40. The van der Waals surface area contributed by atoms with Crippen molar-refractivity contribution in [3.05, 3.63) is 51.0 Å². The number of carbonyl (C=O) groups is 2. The average Bonchev–Trinajstić information content (AvgIpc) is 3.35. The highest BCUT2D eigenvalue weighted by Gasteiger charge is 2.30. The number of nitrogens with one attached hydrogen (secondary N) is 2. The predicted octanol–water partition coefficient (Wildman–Crippen LogP) is 3.38. The Morgan fingerprint density at radius 1 is 1.37 bits per heavy atom. The van der Waals surface area contributed by atoms with Crippen LogP contribution in [-0.2, 0) is 11.4 Å². The lowest BCUT2D eigenvalue weighted by molar-refractivity contribution is 0.0565. The van der Waals surface area contributed by atoms with Crippen LogP contribution >= 0.6 is 11.3 Å². The van der Waals surface area contributed by atoms with Gasteiger partial charge in [0.25, 0.3) is 5.91 Å². The fraction of sp³-hybridized carbons (Fsp3) is 0.520. The fourth-order valence-corrected chi connectivity index (χ4v) is 5.29. The first-order chi connectivity index (χ1) is 16.8. The molecule has 0 spiro atoms. The standard InChI is InChI=1S/C25H34N6O3S/c1-17-13-21(14-26)28-19(3)23(17)24(32)27-9-5-18(2)30-10-6-22(7-11-30)31(25(33)29-34-4)15-20-8-12-35-16-20/h8,12-13,16,18,22H,5-7,9-11,15H2,1-4H3,(H,27,32)(H,29,33). The molecule has 2 N–H and O–H groups in total. The first-order valence-electron chi connectivity index (χ1n) is 11.8. The zero-order chi connectivity index (χ0) is 25.4. The van der Waals surface area contributed by atoms with Gasteiger partial charge < -0.3 is 15.1 Å². The number of carbonyl (C=O) groups excluding carboxylic acids is 2. The van der Waals surface area contributed by atoms with E-state index >= 15 is 0 Å². The van der Waals surface area contributed by atoms with E-state index in [-0.39, 0.29) is 18.0 Å². The van der Waals surface area contributed by atoms with E-state index in [0.717, 1.165) is 43.5 Å². The quantitative estimate of drug-likeness (QED) is 0.513. The van der Waals surface area contributed by atoms with Gasteiger partial charge in [-0.25, -0.2) is 15.3 Å². The Kier molecular flexibility index (Phi) is 9.60. The number of piperidine rings is 1. The van der Waals surface area contributed by atoms with Crippen LogP contribution < -0.4 is 10.8 Å². The summed E-state index contributed by atoms with van der Waals surface area (Å²) in [6, 6.07) is 5.94. The number of nitriles is 1. The predicted molar refractivity (Wildman–Crippen MR) is 135 cm³/mol. The number of aryl methyl sites for hydroxylation is 2. The molecular weight excluding hydrogens is 464 g/mol. The first-order valence-corrected chi connectivity index (χ1v) is 12.8. The largest absolute Gasteiger partial charge is 0.352 e. The molecule has 10 heteroatoms. The molecule has 2 aromatic rings. The molecule has 35 heavy (non-hydrogen) atoms. The molecule has 3 heterocycles. The zero-order valence-corrected chi connectivity index (χ0v) is 21.7. The summed E-state index contributed by atoms with van der Waals surface area (Å²) in [6.07, 6.45) is 2.58. The van der Waals surface area contributed by atoms with Crippen LogP contribution in [0, 0.1) is 25.2 Å². The van der Waals surface area contributed by atoms with E-state index in [1.54, 1.807) is 24.3 Å². The Morgan fingerprint density at radius 2 is 2.11 bits per heavy atom. The molecule has 1 atom stereocenters. The van der Waals surface area contributed by atoms with Gasteiger partial charge >= 0.3 is 6.03 Å². The Labute approximate surface area is 211 Å². The normalized spacial score (nSPS) is 15.3. The smallest absolute Gasteiger partial charge is 0.341 e. The van der Waals surface area contributed by atoms with Crippen molar-refractivity contribution in [2.75, 3.05) is 26.7 Å². The monoisotopic (exact) mass is 498 g/mol. The number of amides is 3. The SMILES string of the molecule is CONC(=O)N(Cc1ccsc1)C1CCN(C(C)CCNC(=O)c2c(C)cc(C#N)nc2C)CC1. The van der Waals surface area contributed by atoms with Crippen LogP contribution in [0.25, 0.3) is 0 Å². The van der Waals surface area contributed by atoms with Gasteiger partial charge in [-0.3, -0.25) is 9.63 Å². The Bertz CT molecular complexity index is 1020. The van der Waals surface area contributed by atoms with E-state index in [1.165, 1.54) is 7.11 Å². The molecule has 2 aromatic heterocycles. The van der Waals surface area contributed by atoms with Crippen molar-refractivity contribution in [1.82, 2.24) is 25.6 Å². The molecule has 1 aliphatic rings. The molecule has 0 radical (unpaired) electrons. The number of nitrogens with zero attached hydrogens (tertiary/aromatic N) is 4. The summed E-state index contributed by atoms with van der Waals surface area (Å²) in [4.78, 5) is 38.7. The molecule has 1 unspecified atom stereocenters. The Hall–Kier alpha value is -3.00. The molecule has 9 nitrogen and oxygen atoms in total. The van der Waals surface area contributed by atoms with E-state index in [9.17, 15) is 9.59 Å². The number of likely N-dealkylation sites (tertiary alicyclic amines) is 1. The third-order valence-corrected chi connectivity index (χ3v) is 7.27. The number of aromatic nitrogens is 1. The highest BCUT2D eigenvalue weighted by Crippen LogP contribution is 2.22. The lowest BCUT2D eigenvalue weighted by Crippen LogP contribution is -2.51. The second kappa shape index (κ2) is 12.6. The van der Waals surface area contributed by atoms with Crippen molar-refractivity contribution in [3.63, 3.8) is 0 Å². The summed E-state index contributed by atoms with van der Waals surface area (Å²) in [5.41, 5.74) is 5.78. The molecule has 0 bridgehead atoms. The van der Waals surface area contributed by atoms with E-state index in [2.05, 4.69) is 33.0 Å². The molecule has 1 fully saturated rings. The summed E-state index contributed by atoms with van der Waals surface area (Å²) in [7, 11) is 1.45. The van der Waals surface area contributed by atoms with Gasteiger partial charge in [0, 0.05) is 38.3 Å². The minimum atomic E-state index is -0.212. The molecule has 3 amide bonds.